The molecule has 1 aliphatic rings. The summed E-state index contributed by atoms with van der Waals surface area (Å²) in [4.78, 5) is 13.4. The highest BCUT2D eigenvalue weighted by atomic mass is 32.2. The van der Waals surface area contributed by atoms with E-state index in [4.69, 9.17) is 5.11 Å². The molecule has 6 nitrogen and oxygen atoms in total. The zero-order valence-electron chi connectivity index (χ0n) is 14.7. The Morgan fingerprint density at radius 3 is 2.69 bits per heavy atom. The van der Waals surface area contributed by atoms with Gasteiger partial charge in [-0.3, -0.25) is 4.90 Å². The molecule has 1 aliphatic heterocycles. The van der Waals surface area contributed by atoms with Gasteiger partial charge in [0, 0.05) is 25.7 Å². The Balaban J connectivity index is 1.65. The molecule has 0 fully saturated rings. The number of benzene rings is 1. The second kappa shape index (κ2) is 7.48. The Labute approximate surface area is 157 Å². The first-order chi connectivity index (χ1) is 12.3. The Morgan fingerprint density at radius 2 is 2.04 bits per heavy atom. The number of fused-ring (bicyclic) bond motifs is 1. The first-order valence-electron chi connectivity index (χ1n) is 8.42. The fourth-order valence-electron chi connectivity index (χ4n) is 3.12. The molecule has 8 heteroatoms. The van der Waals surface area contributed by atoms with Crippen molar-refractivity contribution in [1.29, 1.82) is 0 Å². The molecule has 0 spiro atoms. The highest BCUT2D eigenvalue weighted by Gasteiger charge is 2.25. The highest BCUT2D eigenvalue weighted by Crippen LogP contribution is 2.26. The van der Waals surface area contributed by atoms with Crippen molar-refractivity contribution in [3.05, 3.63) is 51.9 Å². The van der Waals surface area contributed by atoms with Crippen molar-refractivity contribution >= 4 is 27.3 Å². The van der Waals surface area contributed by atoms with Crippen molar-refractivity contribution in [3.63, 3.8) is 0 Å². The van der Waals surface area contributed by atoms with Crippen LogP contribution in [0.1, 0.15) is 33.3 Å². The molecule has 0 saturated carbocycles. The van der Waals surface area contributed by atoms with Gasteiger partial charge in [-0.05, 0) is 43.0 Å². The van der Waals surface area contributed by atoms with Crippen LogP contribution in [0.2, 0.25) is 0 Å². The van der Waals surface area contributed by atoms with E-state index < -0.39 is 16.0 Å². The van der Waals surface area contributed by atoms with E-state index in [0.29, 0.717) is 5.56 Å². The predicted molar refractivity (Wildman–Crippen MR) is 101 cm³/mol. The van der Waals surface area contributed by atoms with Gasteiger partial charge < -0.3 is 5.11 Å². The third-order valence-corrected chi connectivity index (χ3v) is 7.83. The molecule has 2 heterocycles. The number of hydrogen-bond donors (Lipinski definition) is 2. The van der Waals surface area contributed by atoms with E-state index in [2.05, 4.69) is 21.8 Å². The van der Waals surface area contributed by atoms with Crippen LogP contribution in [0.4, 0.5) is 0 Å². The van der Waals surface area contributed by atoms with Crippen molar-refractivity contribution < 1.29 is 18.3 Å². The third-order valence-electron chi connectivity index (χ3n) is 4.71. The summed E-state index contributed by atoms with van der Waals surface area (Å²) >= 11 is 0.789. The number of carboxylic acids is 1. The highest BCUT2D eigenvalue weighted by molar-refractivity contribution is 7.91. The Bertz CT molecular complexity index is 921. The molecular weight excluding hydrogens is 372 g/mol. The fourth-order valence-corrected chi connectivity index (χ4v) is 5.67. The summed E-state index contributed by atoms with van der Waals surface area (Å²) in [5, 5.41) is 9.10. The number of aromatic carboxylic acids is 1. The van der Waals surface area contributed by atoms with Gasteiger partial charge in [0.05, 0.1) is 0 Å². The second-order valence-electron chi connectivity index (χ2n) is 6.57. The molecule has 0 radical (unpaired) electrons. The van der Waals surface area contributed by atoms with E-state index in [1.54, 1.807) is 6.92 Å². The summed E-state index contributed by atoms with van der Waals surface area (Å²) < 4.78 is 27.7. The zero-order chi connectivity index (χ0) is 18.9. The van der Waals surface area contributed by atoms with Gasteiger partial charge in [-0.1, -0.05) is 24.3 Å². The number of nitrogens with zero attached hydrogens (tertiary/aromatic N) is 1. The molecule has 3 rings (SSSR count). The van der Waals surface area contributed by atoms with Gasteiger partial charge in [0.15, 0.2) is 0 Å². The summed E-state index contributed by atoms with van der Waals surface area (Å²) in [6.45, 7) is 5.58. The average molecular weight is 395 g/mol. The van der Waals surface area contributed by atoms with Crippen LogP contribution in [0.5, 0.6) is 0 Å². The van der Waals surface area contributed by atoms with Crippen LogP contribution in [0.25, 0.3) is 0 Å². The smallest absolute Gasteiger partial charge is 0.346 e. The van der Waals surface area contributed by atoms with Crippen molar-refractivity contribution in [3.8, 4) is 0 Å². The van der Waals surface area contributed by atoms with Gasteiger partial charge >= 0.3 is 5.97 Å². The largest absolute Gasteiger partial charge is 0.477 e. The van der Waals surface area contributed by atoms with E-state index in [0.717, 1.165) is 30.8 Å². The Morgan fingerprint density at radius 1 is 1.35 bits per heavy atom. The molecular formula is C18H22N2O4S2. The molecule has 1 atom stereocenters. The number of aryl methyl sites for hydroxylation is 1. The van der Waals surface area contributed by atoms with E-state index in [1.165, 1.54) is 17.2 Å². The molecule has 1 aromatic carbocycles. The molecule has 2 N–H and O–H groups in total. The number of carboxylic acid groups (broad SMARTS) is 1. The Kier molecular flexibility index (Phi) is 5.47. The lowest BCUT2D eigenvalue weighted by Crippen LogP contribution is -2.44. The number of hydrogen-bond acceptors (Lipinski definition) is 5. The molecule has 0 unspecified atom stereocenters. The van der Waals surface area contributed by atoms with Crippen LogP contribution in [-0.2, 0) is 23.0 Å². The van der Waals surface area contributed by atoms with Crippen LogP contribution in [0.3, 0.4) is 0 Å². The SMILES string of the molecule is Cc1cc(S(=O)(=O)NC[C@H](C)N2CCc3ccccc3C2)sc1C(=O)O. The van der Waals surface area contributed by atoms with Gasteiger partial charge in [-0.15, -0.1) is 11.3 Å². The molecule has 1 aromatic heterocycles. The minimum absolute atomic E-state index is 0.0399. The van der Waals surface area contributed by atoms with Crippen LogP contribution in [0, 0.1) is 6.92 Å². The van der Waals surface area contributed by atoms with E-state index in [9.17, 15) is 13.2 Å². The molecule has 0 amide bonds. The lowest BCUT2D eigenvalue weighted by Gasteiger charge is -2.33. The Hall–Kier alpha value is -1.74. The molecule has 140 valence electrons. The minimum Gasteiger partial charge on any atom is -0.477 e. The number of thiophene rings is 1. The van der Waals surface area contributed by atoms with Crippen molar-refractivity contribution in [2.75, 3.05) is 13.1 Å². The maximum atomic E-state index is 12.5. The molecule has 0 aliphatic carbocycles. The quantitative estimate of drug-likeness (QED) is 0.786. The van der Waals surface area contributed by atoms with Crippen LogP contribution in [-0.4, -0.2) is 43.5 Å². The standard InChI is InChI=1S/C18H22N2O4S2/c1-12-9-16(25-17(12)18(21)22)26(23,24)19-10-13(2)20-8-7-14-5-3-4-6-15(14)11-20/h3-6,9,13,19H,7-8,10-11H2,1-2H3,(H,21,22)/t13-/m0/s1. The first-order valence-corrected chi connectivity index (χ1v) is 10.7. The van der Waals surface area contributed by atoms with E-state index >= 15 is 0 Å². The summed E-state index contributed by atoms with van der Waals surface area (Å²) in [7, 11) is -3.71. The molecule has 0 bridgehead atoms. The molecule has 2 aromatic rings. The molecule has 0 saturated heterocycles. The first kappa shape index (κ1) is 19.0. The van der Waals surface area contributed by atoms with Crippen molar-refractivity contribution in [2.45, 2.75) is 37.1 Å². The van der Waals surface area contributed by atoms with E-state index in [1.807, 2.05) is 19.1 Å². The second-order valence-corrected chi connectivity index (χ2v) is 9.62. The number of carbonyl (C=O) groups is 1. The topological polar surface area (TPSA) is 86.7 Å². The van der Waals surface area contributed by atoms with Crippen molar-refractivity contribution in [1.82, 2.24) is 9.62 Å². The fraction of sp³-hybridized carbons (Fsp3) is 0.389. The summed E-state index contributed by atoms with van der Waals surface area (Å²) in [5.74, 6) is -1.10. The van der Waals surface area contributed by atoms with E-state index in [-0.39, 0.29) is 21.7 Å². The van der Waals surface area contributed by atoms with Gasteiger partial charge in [0.25, 0.3) is 0 Å². The maximum absolute atomic E-state index is 12.5. The third kappa shape index (κ3) is 3.98. The maximum Gasteiger partial charge on any atom is 0.346 e. The van der Waals surface area contributed by atoms with Gasteiger partial charge in [-0.2, -0.15) is 0 Å². The lowest BCUT2D eigenvalue weighted by atomic mass is 9.99. The van der Waals surface area contributed by atoms with Crippen molar-refractivity contribution in [2.24, 2.45) is 0 Å². The van der Waals surface area contributed by atoms with Gasteiger partial charge in [-0.25, -0.2) is 17.9 Å². The van der Waals surface area contributed by atoms with Crippen LogP contribution < -0.4 is 4.72 Å². The summed E-state index contributed by atoms with van der Waals surface area (Å²) in [6.07, 6.45) is 0.958. The zero-order valence-corrected chi connectivity index (χ0v) is 16.4. The minimum atomic E-state index is -3.71. The predicted octanol–water partition coefficient (Wildman–Crippen LogP) is 2.48. The van der Waals surface area contributed by atoms with Gasteiger partial charge in [0.1, 0.15) is 9.09 Å². The lowest BCUT2D eigenvalue weighted by molar-refractivity contribution is 0.0701. The number of sulfonamides is 1. The van der Waals surface area contributed by atoms with Gasteiger partial charge in [0.2, 0.25) is 10.0 Å². The van der Waals surface area contributed by atoms with Crippen LogP contribution in [0.15, 0.2) is 34.5 Å². The molecule has 26 heavy (non-hydrogen) atoms. The van der Waals surface area contributed by atoms with Crippen LogP contribution >= 0.6 is 11.3 Å². The summed E-state index contributed by atoms with van der Waals surface area (Å²) in [5.41, 5.74) is 3.10. The normalized spacial score (nSPS) is 16.2. The monoisotopic (exact) mass is 394 g/mol. The number of nitrogens with one attached hydrogen (secondary N) is 1. The summed E-state index contributed by atoms with van der Waals surface area (Å²) in [6, 6.07) is 9.77. The number of rotatable bonds is 6. The average Bonchev–Trinajstić information content (AvgIpc) is 3.02.